The standard InChI is InChI=1S/C31H30N6O3/c1-31(2,3)24-12-7-8-14-27(24)40-29-25(13-9-19-32-29)35-30(38)34-22-15-17-23(18-16-22)39-28(26-20-33-37-36-26)21-10-5-4-6-11-21/h4-20,28H,1-3H3,(H,33,36,37)(H2,34,35,38). The molecule has 2 aromatic heterocycles. The molecule has 1 unspecified atom stereocenters. The minimum atomic E-state index is -0.436. The van der Waals surface area contributed by atoms with E-state index in [0.29, 0.717) is 34.4 Å². The van der Waals surface area contributed by atoms with Crippen LogP contribution in [-0.4, -0.2) is 26.4 Å². The lowest BCUT2D eigenvalue weighted by Crippen LogP contribution is -2.20. The lowest BCUT2D eigenvalue weighted by atomic mass is 9.86. The first-order valence-corrected chi connectivity index (χ1v) is 12.9. The molecule has 1 atom stereocenters. The zero-order chi connectivity index (χ0) is 28.0. The second kappa shape index (κ2) is 11.7. The van der Waals surface area contributed by atoms with Crippen LogP contribution in [0.2, 0.25) is 0 Å². The van der Waals surface area contributed by atoms with Crippen molar-refractivity contribution in [2.75, 3.05) is 10.6 Å². The minimum Gasteiger partial charge on any atom is -0.479 e. The molecule has 0 aliphatic heterocycles. The Morgan fingerprint density at radius 2 is 1.62 bits per heavy atom. The topological polar surface area (TPSA) is 114 Å². The van der Waals surface area contributed by atoms with Crippen molar-refractivity contribution < 1.29 is 14.3 Å². The molecular weight excluding hydrogens is 504 g/mol. The van der Waals surface area contributed by atoms with Gasteiger partial charge in [0.05, 0.1) is 0 Å². The predicted molar refractivity (Wildman–Crippen MR) is 154 cm³/mol. The van der Waals surface area contributed by atoms with Crippen molar-refractivity contribution in [3.63, 3.8) is 0 Å². The highest BCUT2D eigenvalue weighted by Gasteiger charge is 2.21. The molecule has 3 N–H and O–H groups in total. The number of rotatable bonds is 8. The molecule has 2 amide bonds. The van der Waals surface area contributed by atoms with Crippen LogP contribution in [0.5, 0.6) is 17.4 Å². The maximum Gasteiger partial charge on any atom is 0.323 e. The summed E-state index contributed by atoms with van der Waals surface area (Å²) >= 11 is 0. The monoisotopic (exact) mass is 534 g/mol. The number of nitrogens with zero attached hydrogens (tertiary/aromatic N) is 3. The molecule has 5 aromatic rings. The molecule has 2 heterocycles. The van der Waals surface area contributed by atoms with Crippen LogP contribution in [0, 0.1) is 0 Å². The second-order valence-electron chi connectivity index (χ2n) is 10.1. The molecule has 0 radical (unpaired) electrons. The van der Waals surface area contributed by atoms with Crippen molar-refractivity contribution in [3.05, 3.63) is 120 Å². The molecule has 0 aliphatic rings. The average Bonchev–Trinajstić information content (AvgIpc) is 3.49. The van der Waals surface area contributed by atoms with E-state index < -0.39 is 12.1 Å². The third-order valence-corrected chi connectivity index (χ3v) is 6.09. The van der Waals surface area contributed by atoms with Gasteiger partial charge in [-0.15, -0.1) is 5.10 Å². The maximum atomic E-state index is 12.9. The van der Waals surface area contributed by atoms with E-state index in [9.17, 15) is 4.79 Å². The van der Waals surface area contributed by atoms with E-state index in [4.69, 9.17) is 9.47 Å². The van der Waals surface area contributed by atoms with Crippen LogP contribution in [0.25, 0.3) is 0 Å². The Morgan fingerprint density at radius 1 is 0.875 bits per heavy atom. The van der Waals surface area contributed by atoms with Crippen LogP contribution in [0.15, 0.2) is 103 Å². The number of aromatic nitrogens is 4. The molecular formula is C31H30N6O3. The highest BCUT2D eigenvalue weighted by molar-refractivity contribution is 6.00. The molecule has 3 aromatic carbocycles. The number of aromatic amines is 1. The number of ether oxygens (including phenoxy) is 2. The minimum absolute atomic E-state index is 0.123. The van der Waals surface area contributed by atoms with E-state index in [1.807, 2.05) is 54.6 Å². The predicted octanol–water partition coefficient (Wildman–Crippen LogP) is 7.10. The summed E-state index contributed by atoms with van der Waals surface area (Å²) < 4.78 is 12.4. The average molecular weight is 535 g/mol. The van der Waals surface area contributed by atoms with Gasteiger partial charge in [0, 0.05) is 23.6 Å². The third-order valence-electron chi connectivity index (χ3n) is 6.09. The Labute approximate surface area is 232 Å². The van der Waals surface area contributed by atoms with Crippen molar-refractivity contribution >= 4 is 17.4 Å². The lowest BCUT2D eigenvalue weighted by Gasteiger charge is -2.22. The summed E-state index contributed by atoms with van der Waals surface area (Å²) in [6.45, 7) is 6.35. The summed E-state index contributed by atoms with van der Waals surface area (Å²) in [6.07, 6.45) is 2.89. The van der Waals surface area contributed by atoms with E-state index in [1.54, 1.807) is 48.8 Å². The molecule has 0 saturated carbocycles. The Morgan fingerprint density at radius 3 is 2.35 bits per heavy atom. The molecule has 0 spiro atoms. The van der Waals surface area contributed by atoms with Crippen LogP contribution in [0.4, 0.5) is 16.2 Å². The summed E-state index contributed by atoms with van der Waals surface area (Å²) in [6, 6.07) is 27.7. The van der Waals surface area contributed by atoms with Gasteiger partial charge < -0.3 is 20.1 Å². The summed E-state index contributed by atoms with van der Waals surface area (Å²) in [5, 5.41) is 16.3. The number of hydrogen-bond donors (Lipinski definition) is 3. The fourth-order valence-electron chi connectivity index (χ4n) is 4.15. The Hall–Kier alpha value is -5.18. The smallest absolute Gasteiger partial charge is 0.323 e. The van der Waals surface area contributed by atoms with Crippen molar-refractivity contribution in [2.45, 2.75) is 32.3 Å². The lowest BCUT2D eigenvalue weighted by molar-refractivity contribution is 0.242. The van der Waals surface area contributed by atoms with Gasteiger partial charge in [0.2, 0.25) is 5.88 Å². The summed E-state index contributed by atoms with van der Waals surface area (Å²) in [4.78, 5) is 17.2. The van der Waals surface area contributed by atoms with Crippen molar-refractivity contribution in [2.24, 2.45) is 0 Å². The first-order chi connectivity index (χ1) is 19.4. The van der Waals surface area contributed by atoms with Gasteiger partial charge in [0.15, 0.2) is 6.10 Å². The van der Waals surface area contributed by atoms with E-state index in [0.717, 1.165) is 11.1 Å². The number of H-pyrrole nitrogens is 1. The van der Waals surface area contributed by atoms with Gasteiger partial charge in [-0.1, -0.05) is 74.5 Å². The number of carbonyl (C=O) groups excluding carboxylic acids is 1. The van der Waals surface area contributed by atoms with Gasteiger partial charge >= 0.3 is 6.03 Å². The number of amides is 2. The zero-order valence-corrected chi connectivity index (χ0v) is 22.5. The number of benzene rings is 3. The highest BCUT2D eigenvalue weighted by Crippen LogP contribution is 2.35. The normalized spacial score (nSPS) is 11.9. The first kappa shape index (κ1) is 26.4. The molecule has 5 rings (SSSR count). The van der Waals surface area contributed by atoms with E-state index in [2.05, 4.69) is 51.8 Å². The van der Waals surface area contributed by atoms with Gasteiger partial charge in [-0.2, -0.15) is 0 Å². The fraction of sp³-hybridized carbons (Fsp3) is 0.161. The number of hydrogen-bond acceptors (Lipinski definition) is 6. The molecule has 9 heteroatoms. The van der Waals surface area contributed by atoms with Gasteiger partial charge in [0.25, 0.3) is 0 Å². The van der Waals surface area contributed by atoms with Crippen LogP contribution in [0.3, 0.4) is 0 Å². The molecule has 9 nitrogen and oxygen atoms in total. The van der Waals surface area contributed by atoms with Crippen LogP contribution in [-0.2, 0) is 5.41 Å². The van der Waals surface area contributed by atoms with Gasteiger partial charge in [-0.05, 0) is 53.4 Å². The van der Waals surface area contributed by atoms with Crippen LogP contribution >= 0.6 is 0 Å². The van der Waals surface area contributed by atoms with Gasteiger partial charge in [0.1, 0.15) is 22.9 Å². The fourth-order valence-corrected chi connectivity index (χ4v) is 4.15. The Kier molecular flexibility index (Phi) is 7.72. The SMILES string of the molecule is CC(C)(C)c1ccccc1Oc1ncccc1NC(=O)Nc1ccc(OC(c2ccccc2)c2c[nH]nn2)cc1. The number of nitrogens with one attached hydrogen (secondary N) is 3. The van der Waals surface area contributed by atoms with Gasteiger partial charge in [-0.25, -0.2) is 9.78 Å². The number of urea groups is 1. The quantitative estimate of drug-likeness (QED) is 0.196. The molecule has 40 heavy (non-hydrogen) atoms. The molecule has 0 saturated heterocycles. The maximum absolute atomic E-state index is 12.9. The van der Waals surface area contributed by atoms with Crippen LogP contribution < -0.4 is 20.1 Å². The van der Waals surface area contributed by atoms with Crippen molar-refractivity contribution in [1.82, 2.24) is 20.4 Å². The summed E-state index contributed by atoms with van der Waals surface area (Å²) in [7, 11) is 0. The Balaban J connectivity index is 1.25. The van der Waals surface area contributed by atoms with E-state index >= 15 is 0 Å². The zero-order valence-electron chi connectivity index (χ0n) is 22.5. The highest BCUT2D eigenvalue weighted by atomic mass is 16.5. The Bertz CT molecular complexity index is 1550. The van der Waals surface area contributed by atoms with Crippen LogP contribution in [0.1, 0.15) is 43.7 Å². The second-order valence-corrected chi connectivity index (χ2v) is 10.1. The number of anilines is 2. The molecule has 0 fully saturated rings. The van der Waals surface area contributed by atoms with Crippen molar-refractivity contribution in [3.8, 4) is 17.4 Å². The molecule has 0 aliphatic carbocycles. The summed E-state index contributed by atoms with van der Waals surface area (Å²) in [5.41, 5.74) is 3.55. The molecule has 202 valence electrons. The van der Waals surface area contributed by atoms with Gasteiger partial charge in [-0.3, -0.25) is 5.10 Å². The van der Waals surface area contributed by atoms with E-state index in [-0.39, 0.29) is 5.41 Å². The number of carbonyl (C=O) groups is 1. The number of pyridine rings is 1. The largest absolute Gasteiger partial charge is 0.479 e. The van der Waals surface area contributed by atoms with E-state index in [1.165, 1.54) is 0 Å². The number of para-hydroxylation sites is 1. The first-order valence-electron chi connectivity index (χ1n) is 12.9. The summed E-state index contributed by atoms with van der Waals surface area (Å²) in [5.74, 6) is 1.60. The molecule has 0 bridgehead atoms. The third kappa shape index (κ3) is 6.44. The van der Waals surface area contributed by atoms with Crippen molar-refractivity contribution in [1.29, 1.82) is 0 Å².